The summed E-state index contributed by atoms with van der Waals surface area (Å²) in [4.78, 5) is 14.0. The number of hydrogen-bond acceptors (Lipinski definition) is 4. The average Bonchev–Trinajstić information content (AvgIpc) is 2.46. The maximum absolute atomic E-state index is 11.7. The van der Waals surface area contributed by atoms with Gasteiger partial charge in [0.2, 0.25) is 0 Å². The van der Waals surface area contributed by atoms with Gasteiger partial charge in [-0.05, 0) is 38.1 Å². The van der Waals surface area contributed by atoms with E-state index in [9.17, 15) is 4.79 Å². The van der Waals surface area contributed by atoms with Gasteiger partial charge in [0.05, 0.1) is 10.7 Å². The molecule has 20 heavy (non-hydrogen) atoms. The molecule has 0 unspecified atom stereocenters. The minimum absolute atomic E-state index is 0.00451. The van der Waals surface area contributed by atoms with Crippen molar-refractivity contribution in [3.63, 3.8) is 0 Å². The number of carbonyl (C=O) groups excluding carboxylic acids is 1. The van der Waals surface area contributed by atoms with Crippen molar-refractivity contribution in [2.24, 2.45) is 5.10 Å². The second-order valence-electron chi connectivity index (χ2n) is 5.04. The molecule has 1 aromatic carbocycles. The number of likely N-dealkylation sites (tertiary alicyclic amines) is 1. The number of anilines is 1. The number of piperidine rings is 1. The maximum Gasteiger partial charge on any atom is 0.177 e. The second-order valence-corrected chi connectivity index (χ2v) is 5.45. The molecule has 0 amide bonds. The molecule has 1 aliphatic rings. The fourth-order valence-corrected chi connectivity index (χ4v) is 2.41. The molecule has 1 aromatic rings. The van der Waals surface area contributed by atoms with Gasteiger partial charge < -0.3 is 0 Å². The third kappa shape index (κ3) is 4.32. The molecule has 4 nitrogen and oxygen atoms in total. The minimum atomic E-state index is -0.00451. The predicted octanol–water partition coefficient (Wildman–Crippen LogP) is 3.18. The van der Waals surface area contributed by atoms with Crippen LogP contribution in [0.5, 0.6) is 0 Å². The van der Waals surface area contributed by atoms with Crippen LogP contribution in [0.2, 0.25) is 5.02 Å². The minimum Gasteiger partial charge on any atom is -0.297 e. The quantitative estimate of drug-likeness (QED) is 0.670. The van der Waals surface area contributed by atoms with Gasteiger partial charge in [0.15, 0.2) is 5.78 Å². The molecule has 108 valence electrons. The number of halogens is 1. The van der Waals surface area contributed by atoms with Crippen LogP contribution in [-0.4, -0.2) is 36.0 Å². The highest BCUT2D eigenvalue weighted by atomic mass is 35.5. The molecule has 0 atom stereocenters. The largest absolute Gasteiger partial charge is 0.297 e. The Morgan fingerprint density at radius 2 is 2.00 bits per heavy atom. The average molecular weight is 294 g/mol. The first kappa shape index (κ1) is 15.0. The van der Waals surface area contributed by atoms with Crippen LogP contribution in [0.15, 0.2) is 29.4 Å². The van der Waals surface area contributed by atoms with Gasteiger partial charge in [-0.3, -0.25) is 15.1 Å². The van der Waals surface area contributed by atoms with E-state index in [1.165, 1.54) is 19.3 Å². The van der Waals surface area contributed by atoms with Crippen molar-refractivity contribution in [3.05, 3.63) is 29.3 Å². The van der Waals surface area contributed by atoms with Crippen LogP contribution in [0, 0.1) is 0 Å². The Labute approximate surface area is 124 Å². The van der Waals surface area contributed by atoms with Gasteiger partial charge >= 0.3 is 0 Å². The lowest BCUT2D eigenvalue weighted by atomic mass is 10.1. The van der Waals surface area contributed by atoms with Crippen LogP contribution in [-0.2, 0) is 4.79 Å². The molecule has 2 rings (SSSR count). The number of hydrogen-bond donors (Lipinski definition) is 1. The van der Waals surface area contributed by atoms with Crippen molar-refractivity contribution in [2.75, 3.05) is 25.1 Å². The topological polar surface area (TPSA) is 44.7 Å². The number of para-hydroxylation sites is 1. The van der Waals surface area contributed by atoms with Crippen molar-refractivity contribution in [1.29, 1.82) is 0 Å². The number of nitrogens with zero attached hydrogens (tertiary/aromatic N) is 2. The van der Waals surface area contributed by atoms with E-state index in [-0.39, 0.29) is 5.78 Å². The molecule has 0 radical (unpaired) electrons. The van der Waals surface area contributed by atoms with Crippen LogP contribution in [0.4, 0.5) is 5.69 Å². The fourth-order valence-electron chi connectivity index (χ4n) is 2.23. The maximum atomic E-state index is 11.7. The number of carbonyl (C=O) groups is 1. The highest BCUT2D eigenvalue weighted by molar-refractivity contribution is 6.40. The van der Waals surface area contributed by atoms with E-state index >= 15 is 0 Å². The molecule has 1 fully saturated rings. The third-order valence-electron chi connectivity index (χ3n) is 3.41. The van der Waals surface area contributed by atoms with Gasteiger partial charge in [-0.15, -0.1) is 0 Å². The van der Waals surface area contributed by atoms with E-state index in [2.05, 4.69) is 15.4 Å². The Balaban J connectivity index is 2.02. The van der Waals surface area contributed by atoms with Crippen molar-refractivity contribution in [2.45, 2.75) is 26.2 Å². The van der Waals surface area contributed by atoms with Crippen LogP contribution < -0.4 is 5.43 Å². The normalized spacial score (nSPS) is 17.0. The zero-order chi connectivity index (χ0) is 14.4. The van der Waals surface area contributed by atoms with Crippen LogP contribution in [0.3, 0.4) is 0 Å². The molecule has 0 aromatic heterocycles. The van der Waals surface area contributed by atoms with Crippen molar-refractivity contribution >= 4 is 28.8 Å². The molecule has 0 bridgehead atoms. The second kappa shape index (κ2) is 7.41. The zero-order valence-corrected chi connectivity index (χ0v) is 12.5. The summed E-state index contributed by atoms with van der Waals surface area (Å²) in [6, 6.07) is 7.36. The fraction of sp³-hybridized carbons (Fsp3) is 0.467. The summed E-state index contributed by atoms with van der Waals surface area (Å²) in [7, 11) is 0. The SMILES string of the molecule is CC(=O)/C(CN1CCCCC1)=N\Nc1ccccc1Cl. The lowest BCUT2D eigenvalue weighted by Crippen LogP contribution is -2.37. The molecule has 1 aliphatic heterocycles. The van der Waals surface area contributed by atoms with E-state index in [1.807, 2.05) is 18.2 Å². The Morgan fingerprint density at radius 3 is 2.65 bits per heavy atom. The summed E-state index contributed by atoms with van der Waals surface area (Å²) in [6.45, 7) is 4.24. The Kier molecular flexibility index (Phi) is 5.56. The van der Waals surface area contributed by atoms with Crippen molar-refractivity contribution < 1.29 is 4.79 Å². The highest BCUT2D eigenvalue weighted by Crippen LogP contribution is 2.20. The number of ketones is 1. The van der Waals surface area contributed by atoms with E-state index in [0.29, 0.717) is 23.0 Å². The summed E-state index contributed by atoms with van der Waals surface area (Å²) in [6.07, 6.45) is 3.67. The number of benzene rings is 1. The van der Waals surface area contributed by atoms with Crippen molar-refractivity contribution in [1.82, 2.24) is 4.90 Å². The van der Waals surface area contributed by atoms with E-state index in [0.717, 1.165) is 13.1 Å². The van der Waals surface area contributed by atoms with Crippen molar-refractivity contribution in [3.8, 4) is 0 Å². The lowest BCUT2D eigenvalue weighted by molar-refractivity contribution is -0.111. The highest BCUT2D eigenvalue weighted by Gasteiger charge is 2.15. The first-order valence-electron chi connectivity index (χ1n) is 6.97. The first-order chi connectivity index (χ1) is 9.66. The van der Waals surface area contributed by atoms with Gasteiger partial charge in [-0.25, -0.2) is 0 Å². The van der Waals surface area contributed by atoms with Gasteiger partial charge in [0.1, 0.15) is 5.71 Å². The summed E-state index contributed by atoms with van der Waals surface area (Å²) >= 11 is 6.05. The number of nitrogens with one attached hydrogen (secondary N) is 1. The molecule has 5 heteroatoms. The van der Waals surface area contributed by atoms with Gasteiger partial charge in [-0.1, -0.05) is 30.2 Å². The van der Waals surface area contributed by atoms with Crippen LogP contribution in [0.1, 0.15) is 26.2 Å². The molecule has 0 spiro atoms. The van der Waals surface area contributed by atoms with Gasteiger partial charge in [0, 0.05) is 13.5 Å². The molecule has 1 N–H and O–H groups in total. The summed E-state index contributed by atoms with van der Waals surface area (Å²) in [5, 5.41) is 4.83. The summed E-state index contributed by atoms with van der Waals surface area (Å²) in [5.74, 6) is -0.00451. The smallest absolute Gasteiger partial charge is 0.177 e. The van der Waals surface area contributed by atoms with Gasteiger partial charge in [-0.2, -0.15) is 5.10 Å². The van der Waals surface area contributed by atoms with E-state index in [1.54, 1.807) is 13.0 Å². The molecule has 1 heterocycles. The molecular formula is C15H20ClN3O. The zero-order valence-electron chi connectivity index (χ0n) is 11.7. The van der Waals surface area contributed by atoms with Crippen LogP contribution >= 0.6 is 11.6 Å². The van der Waals surface area contributed by atoms with Crippen LogP contribution in [0.25, 0.3) is 0 Å². The Bertz CT molecular complexity index is 496. The summed E-state index contributed by atoms with van der Waals surface area (Å²) in [5.41, 5.74) is 4.15. The number of rotatable bonds is 5. The lowest BCUT2D eigenvalue weighted by Gasteiger charge is -2.26. The monoisotopic (exact) mass is 293 g/mol. The standard InChI is InChI=1S/C15H20ClN3O/c1-12(20)15(11-19-9-5-2-6-10-19)18-17-14-8-4-3-7-13(14)16/h3-4,7-8,17H,2,5-6,9-11H2,1H3/b18-15-. The Hall–Kier alpha value is -1.39. The summed E-state index contributed by atoms with van der Waals surface area (Å²) < 4.78 is 0. The van der Waals surface area contributed by atoms with E-state index in [4.69, 9.17) is 11.6 Å². The number of Topliss-reactive ketones (excluding diaryl/α,β-unsaturated/α-hetero) is 1. The number of hydrazone groups is 1. The molecule has 0 saturated carbocycles. The first-order valence-corrected chi connectivity index (χ1v) is 7.35. The molecular weight excluding hydrogens is 274 g/mol. The Morgan fingerprint density at radius 1 is 1.30 bits per heavy atom. The third-order valence-corrected chi connectivity index (χ3v) is 3.74. The van der Waals surface area contributed by atoms with Gasteiger partial charge in [0.25, 0.3) is 0 Å². The van der Waals surface area contributed by atoms with E-state index < -0.39 is 0 Å². The predicted molar refractivity (Wildman–Crippen MR) is 83.5 cm³/mol. The molecule has 0 aliphatic carbocycles. The molecule has 1 saturated heterocycles.